The van der Waals surface area contributed by atoms with Crippen molar-refractivity contribution in [1.82, 2.24) is 14.9 Å². The van der Waals surface area contributed by atoms with Gasteiger partial charge in [0.15, 0.2) is 0 Å². The topological polar surface area (TPSA) is 84.2 Å². The number of fused-ring (bicyclic) bond motifs is 1. The van der Waals surface area contributed by atoms with Crippen molar-refractivity contribution < 1.29 is 14.7 Å². The third-order valence-electron chi connectivity index (χ3n) is 6.08. The van der Waals surface area contributed by atoms with E-state index in [0.29, 0.717) is 29.2 Å². The lowest BCUT2D eigenvalue weighted by Crippen LogP contribution is -2.32. The molecule has 0 aliphatic rings. The third-order valence-corrected chi connectivity index (χ3v) is 7.17. The van der Waals surface area contributed by atoms with Gasteiger partial charge in [-0.1, -0.05) is 32.9 Å². The molecule has 0 fully saturated rings. The number of amides is 1. The van der Waals surface area contributed by atoms with Gasteiger partial charge in [0, 0.05) is 35.7 Å². The Morgan fingerprint density at radius 2 is 1.94 bits per heavy atom. The first kappa shape index (κ1) is 27.3. The van der Waals surface area contributed by atoms with Gasteiger partial charge in [-0.05, 0) is 76.5 Å². The molecule has 6 nitrogen and oxygen atoms in total. The van der Waals surface area contributed by atoms with Crippen LogP contribution in [0.1, 0.15) is 66.5 Å². The molecule has 0 aliphatic carbocycles. The van der Waals surface area contributed by atoms with E-state index < -0.39 is 5.97 Å². The van der Waals surface area contributed by atoms with Crippen LogP contribution in [0.4, 0.5) is 0 Å². The van der Waals surface area contributed by atoms with Gasteiger partial charge < -0.3 is 15.0 Å². The predicted octanol–water partition coefficient (Wildman–Crippen LogP) is 6.01. The van der Waals surface area contributed by atoms with Crippen LogP contribution < -0.4 is 5.32 Å². The van der Waals surface area contributed by atoms with Crippen LogP contribution in [-0.2, 0) is 24.3 Å². The highest BCUT2D eigenvalue weighted by molar-refractivity contribution is 9.10. The fourth-order valence-corrected chi connectivity index (χ4v) is 5.30. The molecule has 0 saturated carbocycles. The molecule has 8 heteroatoms. The molecule has 3 aromatic rings. The number of aryl methyl sites for hydroxylation is 2. The van der Waals surface area contributed by atoms with Gasteiger partial charge in [0.25, 0.3) is 0 Å². The number of halogens is 1. The maximum atomic E-state index is 12.7. The molecule has 0 spiro atoms. The molecule has 0 aliphatic heterocycles. The second-order valence-corrected chi connectivity index (χ2v) is 10.7. The lowest BCUT2D eigenvalue weighted by atomic mass is 9.98. The molecule has 1 heterocycles. The number of aromatic carboxylic acids is 1. The first-order valence-electron chi connectivity index (χ1n) is 12.0. The summed E-state index contributed by atoms with van der Waals surface area (Å²) in [5, 5.41) is 12.4. The molecule has 0 radical (unpaired) electrons. The van der Waals surface area contributed by atoms with Crippen LogP contribution in [0.15, 0.2) is 34.8 Å². The highest BCUT2D eigenvalue weighted by atomic mass is 79.9. The minimum atomic E-state index is -0.959. The van der Waals surface area contributed by atoms with E-state index in [-0.39, 0.29) is 17.4 Å². The van der Waals surface area contributed by atoms with Crippen molar-refractivity contribution in [2.45, 2.75) is 60.0 Å². The number of benzene rings is 2. The summed E-state index contributed by atoms with van der Waals surface area (Å²) >= 11 is 7.76. The molecular weight excluding hydrogens is 526 g/mol. The zero-order chi connectivity index (χ0) is 25.7. The summed E-state index contributed by atoms with van der Waals surface area (Å²) in [7, 11) is 0. The number of nitrogens with one attached hydrogen (secondary N) is 1. The minimum Gasteiger partial charge on any atom is -0.478 e. The van der Waals surface area contributed by atoms with Gasteiger partial charge in [0.2, 0.25) is 5.91 Å². The van der Waals surface area contributed by atoms with Crippen molar-refractivity contribution in [3.63, 3.8) is 0 Å². The number of hydrogen-bond acceptors (Lipinski definition) is 4. The van der Waals surface area contributed by atoms with Crippen LogP contribution in [0, 0.1) is 18.8 Å². The SMILES string of the molecule is CCCc1nc2c(C)cc(CNC(=O)C(CS)CC(C)C)cc2n1Cc1ccc(C(=O)O)c(Br)c1. The van der Waals surface area contributed by atoms with E-state index in [9.17, 15) is 14.7 Å². The number of aromatic nitrogens is 2. The number of carbonyl (C=O) groups excluding carboxylic acids is 1. The molecule has 0 bridgehead atoms. The highest BCUT2D eigenvalue weighted by Crippen LogP contribution is 2.26. The second-order valence-electron chi connectivity index (χ2n) is 9.49. The summed E-state index contributed by atoms with van der Waals surface area (Å²) in [4.78, 5) is 29.0. The number of hydrogen-bond donors (Lipinski definition) is 3. The number of carboxylic acids is 1. The number of thiol groups is 1. The molecular formula is C27H34BrN3O3S. The molecule has 0 saturated heterocycles. The quantitative estimate of drug-likeness (QED) is 0.251. The van der Waals surface area contributed by atoms with Crippen molar-refractivity contribution in [3.8, 4) is 0 Å². The smallest absolute Gasteiger partial charge is 0.336 e. The fourth-order valence-electron chi connectivity index (χ4n) is 4.39. The largest absolute Gasteiger partial charge is 0.478 e. The van der Waals surface area contributed by atoms with Gasteiger partial charge in [-0.15, -0.1) is 0 Å². The molecule has 188 valence electrons. The fraction of sp³-hybridized carbons (Fsp3) is 0.444. The van der Waals surface area contributed by atoms with Crippen molar-refractivity contribution in [2.75, 3.05) is 5.75 Å². The van der Waals surface area contributed by atoms with Crippen LogP contribution in [-0.4, -0.2) is 32.3 Å². The molecule has 1 atom stereocenters. The summed E-state index contributed by atoms with van der Waals surface area (Å²) < 4.78 is 2.76. The van der Waals surface area contributed by atoms with Gasteiger partial charge in [0.1, 0.15) is 5.82 Å². The Morgan fingerprint density at radius 1 is 1.20 bits per heavy atom. The number of rotatable bonds is 11. The molecule has 2 N–H and O–H groups in total. The van der Waals surface area contributed by atoms with Gasteiger partial charge in [-0.2, -0.15) is 12.6 Å². The third kappa shape index (κ3) is 6.67. The number of carbonyl (C=O) groups is 2. The van der Waals surface area contributed by atoms with E-state index in [0.717, 1.165) is 52.8 Å². The van der Waals surface area contributed by atoms with Gasteiger partial charge in [-0.25, -0.2) is 9.78 Å². The van der Waals surface area contributed by atoms with E-state index in [2.05, 4.69) is 71.3 Å². The normalized spacial score (nSPS) is 12.3. The van der Waals surface area contributed by atoms with Crippen LogP contribution in [0.2, 0.25) is 0 Å². The van der Waals surface area contributed by atoms with E-state index in [1.807, 2.05) is 19.1 Å². The maximum Gasteiger partial charge on any atom is 0.336 e. The van der Waals surface area contributed by atoms with Crippen molar-refractivity contribution in [3.05, 3.63) is 62.9 Å². The van der Waals surface area contributed by atoms with E-state index in [1.165, 1.54) is 0 Å². The van der Waals surface area contributed by atoms with Crippen LogP contribution >= 0.6 is 28.6 Å². The number of carboxylic acid groups (broad SMARTS) is 1. The first-order chi connectivity index (χ1) is 16.6. The second kappa shape index (κ2) is 12.1. The lowest BCUT2D eigenvalue weighted by molar-refractivity contribution is -0.124. The Bertz CT molecular complexity index is 1220. The van der Waals surface area contributed by atoms with Crippen molar-refractivity contribution in [2.24, 2.45) is 11.8 Å². The zero-order valence-corrected chi connectivity index (χ0v) is 23.2. The molecule has 35 heavy (non-hydrogen) atoms. The minimum absolute atomic E-state index is 0.0370. The van der Waals surface area contributed by atoms with Gasteiger partial charge in [0.05, 0.1) is 16.6 Å². The predicted molar refractivity (Wildman–Crippen MR) is 147 cm³/mol. The van der Waals surface area contributed by atoms with Crippen molar-refractivity contribution in [1.29, 1.82) is 0 Å². The highest BCUT2D eigenvalue weighted by Gasteiger charge is 2.19. The molecule has 1 amide bonds. The summed E-state index contributed by atoms with van der Waals surface area (Å²) in [5.41, 5.74) is 5.29. The average Bonchev–Trinajstić information content (AvgIpc) is 3.13. The summed E-state index contributed by atoms with van der Waals surface area (Å²) in [6.07, 6.45) is 2.62. The Morgan fingerprint density at radius 3 is 2.54 bits per heavy atom. The summed E-state index contributed by atoms with van der Waals surface area (Å²) in [6.45, 7) is 9.44. The number of imidazole rings is 1. The Labute approximate surface area is 221 Å². The van der Waals surface area contributed by atoms with Crippen molar-refractivity contribution >= 4 is 51.5 Å². The first-order valence-corrected chi connectivity index (χ1v) is 13.5. The molecule has 1 unspecified atom stereocenters. The molecule has 1 aromatic heterocycles. The molecule has 2 aromatic carbocycles. The summed E-state index contributed by atoms with van der Waals surface area (Å²) in [5.74, 6) is 0.946. The van der Waals surface area contributed by atoms with E-state index in [1.54, 1.807) is 6.07 Å². The number of nitrogens with zero attached hydrogens (tertiary/aromatic N) is 2. The monoisotopic (exact) mass is 559 g/mol. The van der Waals surface area contributed by atoms with Crippen LogP contribution in [0.3, 0.4) is 0 Å². The van der Waals surface area contributed by atoms with E-state index >= 15 is 0 Å². The Hall–Kier alpha value is -2.32. The summed E-state index contributed by atoms with van der Waals surface area (Å²) in [6, 6.07) is 9.52. The van der Waals surface area contributed by atoms with Gasteiger partial charge in [-0.3, -0.25) is 4.79 Å². The standard InChI is InChI=1S/C27H34BrN3O3S/c1-5-6-24-30-25-17(4)10-19(13-29-26(32)20(15-35)9-16(2)3)12-23(25)31(24)14-18-7-8-21(27(33)34)22(28)11-18/h7-8,10-12,16,20,35H,5-6,9,13-15H2,1-4H3,(H,29,32)(H,33,34). The maximum absolute atomic E-state index is 12.7. The Balaban J connectivity index is 1.93. The zero-order valence-electron chi connectivity index (χ0n) is 20.8. The van der Waals surface area contributed by atoms with E-state index in [4.69, 9.17) is 4.98 Å². The Kier molecular flexibility index (Phi) is 9.41. The molecule has 3 rings (SSSR count). The lowest BCUT2D eigenvalue weighted by Gasteiger charge is -2.17. The van der Waals surface area contributed by atoms with Crippen LogP contribution in [0.5, 0.6) is 0 Å². The van der Waals surface area contributed by atoms with Gasteiger partial charge >= 0.3 is 5.97 Å². The average molecular weight is 561 g/mol. The van der Waals surface area contributed by atoms with Crippen LogP contribution in [0.25, 0.3) is 11.0 Å².